The normalized spacial score (nSPS) is 20.4. The van der Waals surface area contributed by atoms with E-state index in [9.17, 15) is 4.79 Å². The van der Waals surface area contributed by atoms with E-state index in [-0.39, 0.29) is 11.9 Å². The Balaban J connectivity index is 1.85. The highest BCUT2D eigenvalue weighted by molar-refractivity contribution is 6.05. The Morgan fingerprint density at radius 2 is 1.86 bits per heavy atom. The number of nitrogens with zero attached hydrogens (tertiary/aromatic N) is 1. The first-order valence-corrected chi connectivity index (χ1v) is 8.94. The molecule has 0 spiro atoms. The van der Waals surface area contributed by atoms with Crippen LogP contribution in [0.5, 0.6) is 0 Å². The molecule has 1 unspecified atom stereocenters. The summed E-state index contributed by atoms with van der Waals surface area (Å²) in [4.78, 5) is 14.6. The summed E-state index contributed by atoms with van der Waals surface area (Å²) in [6, 6.07) is 4.46. The zero-order valence-electron chi connectivity index (χ0n) is 14.0. The lowest BCUT2D eigenvalue weighted by atomic mass is 9.89. The molecule has 1 aliphatic heterocycles. The van der Waals surface area contributed by atoms with Gasteiger partial charge in [-0.2, -0.15) is 0 Å². The second kappa shape index (κ2) is 6.72. The van der Waals surface area contributed by atoms with E-state index in [0.29, 0.717) is 0 Å². The topological polar surface area (TPSA) is 32.3 Å². The molecular formula is C19H28N2O. The van der Waals surface area contributed by atoms with Crippen LogP contribution in [-0.4, -0.2) is 18.5 Å². The van der Waals surface area contributed by atoms with Crippen LogP contribution in [0.4, 0.5) is 11.4 Å². The zero-order valence-corrected chi connectivity index (χ0v) is 14.0. The van der Waals surface area contributed by atoms with E-state index in [1.54, 1.807) is 0 Å². The number of fused-ring (bicyclic) bond motifs is 2. The molecule has 0 aromatic heterocycles. The Morgan fingerprint density at radius 3 is 2.59 bits per heavy atom. The third kappa shape index (κ3) is 2.99. The van der Waals surface area contributed by atoms with Gasteiger partial charge in [-0.25, -0.2) is 0 Å². The summed E-state index contributed by atoms with van der Waals surface area (Å²) < 4.78 is 0. The molecular weight excluding hydrogens is 272 g/mol. The van der Waals surface area contributed by atoms with E-state index in [2.05, 4.69) is 24.4 Å². The van der Waals surface area contributed by atoms with Gasteiger partial charge in [0.05, 0.1) is 11.4 Å². The summed E-state index contributed by atoms with van der Waals surface area (Å²) in [5, 5.41) is 3.40. The fraction of sp³-hybridized carbons (Fsp3) is 0.632. The molecule has 3 rings (SSSR count). The van der Waals surface area contributed by atoms with E-state index in [4.69, 9.17) is 0 Å². The third-order valence-electron chi connectivity index (χ3n) is 4.99. The van der Waals surface area contributed by atoms with Crippen molar-refractivity contribution in [3.63, 3.8) is 0 Å². The lowest BCUT2D eigenvalue weighted by Gasteiger charge is -2.35. The molecule has 22 heavy (non-hydrogen) atoms. The molecule has 0 saturated heterocycles. The van der Waals surface area contributed by atoms with Crippen LogP contribution in [0.3, 0.4) is 0 Å². The summed E-state index contributed by atoms with van der Waals surface area (Å²) >= 11 is 0. The van der Waals surface area contributed by atoms with Crippen LogP contribution in [-0.2, 0) is 17.6 Å². The van der Waals surface area contributed by atoms with E-state index in [1.807, 2.05) is 11.8 Å². The number of nitrogens with one attached hydrogen (secondary N) is 1. The fourth-order valence-electron chi connectivity index (χ4n) is 3.69. The van der Waals surface area contributed by atoms with Gasteiger partial charge in [-0.3, -0.25) is 4.79 Å². The highest BCUT2D eigenvalue weighted by Gasteiger charge is 2.30. The standard InChI is InChI=1S/C19H28N2O/c1-3-4-5-8-11-21-18-13-16-10-7-6-9-15(16)12-17(18)20-14(2)19(21)22/h12-14,20H,3-11H2,1-2H3. The van der Waals surface area contributed by atoms with Gasteiger partial charge in [-0.15, -0.1) is 0 Å². The second-order valence-corrected chi connectivity index (χ2v) is 6.76. The first-order chi connectivity index (χ1) is 10.7. The first kappa shape index (κ1) is 15.4. The summed E-state index contributed by atoms with van der Waals surface area (Å²) in [6.07, 6.45) is 9.72. The number of hydrogen-bond donors (Lipinski definition) is 1. The molecule has 0 bridgehead atoms. The minimum absolute atomic E-state index is 0.111. The quantitative estimate of drug-likeness (QED) is 0.823. The lowest BCUT2D eigenvalue weighted by molar-refractivity contribution is -0.119. The van der Waals surface area contributed by atoms with Crippen LogP contribution in [0.25, 0.3) is 0 Å². The van der Waals surface area contributed by atoms with Crippen LogP contribution in [0.1, 0.15) is 63.5 Å². The SMILES string of the molecule is CCCCCCN1C(=O)C(C)Nc2cc3c(cc21)CCCC3. The summed E-state index contributed by atoms with van der Waals surface area (Å²) in [6.45, 7) is 5.06. The van der Waals surface area contributed by atoms with Gasteiger partial charge in [0.25, 0.3) is 0 Å². The monoisotopic (exact) mass is 300 g/mol. The Labute approximate surface area is 134 Å². The van der Waals surface area contributed by atoms with Gasteiger partial charge in [-0.1, -0.05) is 26.2 Å². The fourth-order valence-corrected chi connectivity index (χ4v) is 3.69. The van der Waals surface area contributed by atoms with Gasteiger partial charge in [-0.05, 0) is 62.3 Å². The van der Waals surface area contributed by atoms with Gasteiger partial charge in [0.2, 0.25) is 5.91 Å². The maximum Gasteiger partial charge on any atom is 0.249 e. The van der Waals surface area contributed by atoms with Gasteiger partial charge in [0.15, 0.2) is 0 Å². The number of unbranched alkanes of at least 4 members (excludes halogenated alkanes) is 3. The van der Waals surface area contributed by atoms with Crippen LogP contribution >= 0.6 is 0 Å². The van der Waals surface area contributed by atoms with Gasteiger partial charge >= 0.3 is 0 Å². The highest BCUT2D eigenvalue weighted by Crippen LogP contribution is 2.37. The van der Waals surface area contributed by atoms with E-state index in [1.165, 1.54) is 49.7 Å². The van der Waals surface area contributed by atoms with Crippen molar-refractivity contribution in [3.8, 4) is 0 Å². The van der Waals surface area contributed by atoms with Crippen molar-refractivity contribution in [3.05, 3.63) is 23.3 Å². The Hall–Kier alpha value is -1.51. The Bertz CT molecular complexity index is 553. The smallest absolute Gasteiger partial charge is 0.249 e. The summed E-state index contributed by atoms with van der Waals surface area (Å²) in [5.74, 6) is 0.222. The number of carbonyl (C=O) groups excluding carboxylic acids is 1. The minimum atomic E-state index is -0.111. The van der Waals surface area contributed by atoms with Gasteiger partial charge < -0.3 is 10.2 Å². The van der Waals surface area contributed by atoms with Gasteiger partial charge in [0.1, 0.15) is 6.04 Å². The molecule has 1 heterocycles. The van der Waals surface area contributed by atoms with Crippen molar-refractivity contribution in [1.82, 2.24) is 0 Å². The third-order valence-corrected chi connectivity index (χ3v) is 4.99. The van der Waals surface area contributed by atoms with Crippen molar-refractivity contribution >= 4 is 17.3 Å². The van der Waals surface area contributed by atoms with Crippen LogP contribution in [0.2, 0.25) is 0 Å². The van der Waals surface area contributed by atoms with Crippen LogP contribution in [0.15, 0.2) is 12.1 Å². The number of benzene rings is 1. The van der Waals surface area contributed by atoms with Crippen molar-refractivity contribution in [2.75, 3.05) is 16.8 Å². The predicted molar refractivity (Wildman–Crippen MR) is 92.7 cm³/mol. The average Bonchev–Trinajstić information content (AvgIpc) is 2.53. The van der Waals surface area contributed by atoms with Crippen molar-refractivity contribution in [1.29, 1.82) is 0 Å². The maximum absolute atomic E-state index is 12.6. The number of hydrogen-bond acceptors (Lipinski definition) is 2. The molecule has 3 nitrogen and oxygen atoms in total. The lowest BCUT2D eigenvalue weighted by Crippen LogP contribution is -2.46. The number of carbonyl (C=O) groups is 1. The predicted octanol–water partition coefficient (Wildman–Crippen LogP) is 4.29. The number of anilines is 2. The molecule has 0 saturated carbocycles. The summed E-state index contributed by atoms with van der Waals surface area (Å²) in [5.41, 5.74) is 5.20. The minimum Gasteiger partial charge on any atom is -0.372 e. The Kier molecular flexibility index (Phi) is 4.70. The number of rotatable bonds is 5. The van der Waals surface area contributed by atoms with Crippen molar-refractivity contribution in [2.45, 2.75) is 71.3 Å². The molecule has 1 atom stereocenters. The largest absolute Gasteiger partial charge is 0.372 e. The van der Waals surface area contributed by atoms with Crippen LogP contribution < -0.4 is 10.2 Å². The molecule has 2 aliphatic rings. The van der Waals surface area contributed by atoms with E-state index in [0.717, 1.165) is 30.8 Å². The molecule has 1 aromatic carbocycles. The number of amides is 1. The first-order valence-electron chi connectivity index (χ1n) is 8.94. The second-order valence-electron chi connectivity index (χ2n) is 6.76. The average molecular weight is 300 g/mol. The van der Waals surface area contributed by atoms with Crippen LogP contribution in [0, 0.1) is 0 Å². The van der Waals surface area contributed by atoms with Crippen molar-refractivity contribution in [2.24, 2.45) is 0 Å². The molecule has 0 radical (unpaired) electrons. The molecule has 0 fully saturated rings. The molecule has 120 valence electrons. The molecule has 1 aromatic rings. The van der Waals surface area contributed by atoms with Gasteiger partial charge in [0, 0.05) is 6.54 Å². The summed E-state index contributed by atoms with van der Waals surface area (Å²) in [7, 11) is 0. The Morgan fingerprint density at radius 1 is 1.14 bits per heavy atom. The molecule has 3 heteroatoms. The number of aryl methyl sites for hydroxylation is 2. The highest BCUT2D eigenvalue weighted by atomic mass is 16.2. The van der Waals surface area contributed by atoms with E-state index < -0.39 is 0 Å². The zero-order chi connectivity index (χ0) is 15.5. The molecule has 1 N–H and O–H groups in total. The van der Waals surface area contributed by atoms with E-state index >= 15 is 0 Å². The molecule has 1 amide bonds. The maximum atomic E-state index is 12.6. The van der Waals surface area contributed by atoms with Crippen molar-refractivity contribution < 1.29 is 4.79 Å². The molecule has 1 aliphatic carbocycles.